The molecular formula is C22H18N2O5S. The Morgan fingerprint density at radius 1 is 1.17 bits per heavy atom. The van der Waals surface area contributed by atoms with Crippen LogP contribution in [-0.4, -0.2) is 23.9 Å². The molecular weight excluding hydrogens is 404 g/mol. The molecule has 7 nitrogen and oxygen atoms in total. The minimum atomic E-state index is -0.551. The molecule has 0 bridgehead atoms. The number of esters is 1. The van der Waals surface area contributed by atoms with Crippen LogP contribution in [0.25, 0.3) is 17.2 Å². The molecule has 0 fully saturated rings. The van der Waals surface area contributed by atoms with Crippen LogP contribution in [0.15, 0.2) is 60.0 Å². The van der Waals surface area contributed by atoms with E-state index < -0.39 is 16.8 Å². The van der Waals surface area contributed by atoms with E-state index in [2.05, 4.69) is 5.32 Å². The van der Waals surface area contributed by atoms with Gasteiger partial charge in [0.25, 0.3) is 5.69 Å². The molecule has 2 aromatic carbocycles. The number of benzene rings is 2. The van der Waals surface area contributed by atoms with Crippen molar-refractivity contribution in [2.24, 2.45) is 0 Å². The second-order valence-corrected chi connectivity index (χ2v) is 7.27. The first-order chi connectivity index (χ1) is 14.4. The van der Waals surface area contributed by atoms with E-state index in [4.69, 9.17) is 4.74 Å². The van der Waals surface area contributed by atoms with Gasteiger partial charge in [0, 0.05) is 29.2 Å². The van der Waals surface area contributed by atoms with Crippen molar-refractivity contribution in [2.45, 2.75) is 6.92 Å². The zero-order valence-corrected chi connectivity index (χ0v) is 17.1. The molecule has 3 rings (SSSR count). The van der Waals surface area contributed by atoms with Crippen molar-refractivity contribution < 1.29 is 19.2 Å². The molecule has 152 valence electrons. The van der Waals surface area contributed by atoms with Crippen LogP contribution in [0.4, 0.5) is 10.7 Å². The largest absolute Gasteiger partial charge is 0.465 e. The number of methoxy groups -OCH3 is 1. The first kappa shape index (κ1) is 20.9. The first-order valence-corrected chi connectivity index (χ1v) is 9.77. The summed E-state index contributed by atoms with van der Waals surface area (Å²) in [6.45, 7) is 1.97. The van der Waals surface area contributed by atoms with E-state index in [1.165, 1.54) is 48.8 Å². The molecule has 0 unspecified atom stereocenters. The van der Waals surface area contributed by atoms with E-state index in [1.54, 1.807) is 11.4 Å². The van der Waals surface area contributed by atoms with Crippen LogP contribution in [0, 0.1) is 17.0 Å². The second-order valence-electron chi connectivity index (χ2n) is 6.39. The molecule has 0 saturated heterocycles. The zero-order chi connectivity index (χ0) is 21.7. The molecule has 0 atom stereocenters. The summed E-state index contributed by atoms with van der Waals surface area (Å²) in [5.41, 5.74) is 3.33. The number of nitrogens with zero attached hydrogens (tertiary/aromatic N) is 1. The Kier molecular flexibility index (Phi) is 6.38. The maximum absolute atomic E-state index is 12.4. The Balaban J connectivity index is 1.84. The highest BCUT2D eigenvalue weighted by Gasteiger charge is 2.21. The molecule has 0 saturated carbocycles. The number of thiophene rings is 1. The highest BCUT2D eigenvalue weighted by molar-refractivity contribution is 7.15. The van der Waals surface area contributed by atoms with E-state index in [0.29, 0.717) is 16.1 Å². The van der Waals surface area contributed by atoms with Crippen LogP contribution >= 0.6 is 11.3 Å². The molecule has 30 heavy (non-hydrogen) atoms. The molecule has 8 heteroatoms. The standard InChI is InChI=1S/C22H18N2O5S/c1-14-6-9-16(10-7-14)18-13-30-21(20(18)22(26)29-2)23-19(25)11-8-15-4-3-5-17(12-15)24(27)28/h3-13H,1-2H3,(H,23,25)/b11-8+. The van der Waals surface area contributed by atoms with Gasteiger partial charge in [0.15, 0.2) is 0 Å². The van der Waals surface area contributed by atoms with Crippen molar-refractivity contribution >= 4 is 40.0 Å². The second kappa shape index (κ2) is 9.15. The van der Waals surface area contributed by atoms with Crippen LogP contribution in [0.3, 0.4) is 0 Å². The predicted octanol–water partition coefficient (Wildman–Crippen LogP) is 5.07. The highest BCUT2D eigenvalue weighted by Crippen LogP contribution is 2.36. The smallest absolute Gasteiger partial charge is 0.341 e. The monoisotopic (exact) mass is 422 g/mol. The number of hydrogen-bond donors (Lipinski definition) is 1. The maximum atomic E-state index is 12.4. The SMILES string of the molecule is COC(=O)c1c(-c2ccc(C)cc2)csc1NC(=O)/C=C/c1cccc([N+](=O)[O-])c1. The van der Waals surface area contributed by atoms with Gasteiger partial charge in [-0.05, 0) is 24.1 Å². The molecule has 1 N–H and O–H groups in total. The third-order valence-corrected chi connectivity index (χ3v) is 5.18. The van der Waals surface area contributed by atoms with Crippen LogP contribution in [-0.2, 0) is 9.53 Å². The van der Waals surface area contributed by atoms with Crippen LogP contribution in [0.2, 0.25) is 0 Å². The van der Waals surface area contributed by atoms with Gasteiger partial charge in [-0.3, -0.25) is 14.9 Å². The molecule has 0 radical (unpaired) electrons. The molecule has 1 amide bonds. The Labute approximate surface area is 176 Å². The van der Waals surface area contributed by atoms with Gasteiger partial charge in [0.1, 0.15) is 10.6 Å². The Morgan fingerprint density at radius 3 is 2.57 bits per heavy atom. The minimum absolute atomic E-state index is 0.0634. The van der Waals surface area contributed by atoms with E-state index in [9.17, 15) is 19.7 Å². The number of rotatable bonds is 6. The molecule has 0 aliphatic heterocycles. The average molecular weight is 422 g/mol. The number of carbonyl (C=O) groups excluding carboxylic acids is 2. The predicted molar refractivity (Wildman–Crippen MR) is 117 cm³/mol. The van der Waals surface area contributed by atoms with Crippen molar-refractivity contribution in [2.75, 3.05) is 12.4 Å². The van der Waals surface area contributed by atoms with E-state index in [-0.39, 0.29) is 11.3 Å². The van der Waals surface area contributed by atoms with Gasteiger partial charge in [-0.2, -0.15) is 0 Å². The fourth-order valence-corrected chi connectivity index (χ4v) is 3.73. The van der Waals surface area contributed by atoms with Gasteiger partial charge < -0.3 is 10.1 Å². The number of nitro benzene ring substituents is 1. The van der Waals surface area contributed by atoms with Crippen molar-refractivity contribution in [1.82, 2.24) is 0 Å². The summed E-state index contributed by atoms with van der Waals surface area (Å²) in [4.78, 5) is 35.1. The number of non-ortho nitro benzene ring substituents is 1. The molecule has 3 aromatic rings. The fourth-order valence-electron chi connectivity index (χ4n) is 2.77. The van der Waals surface area contributed by atoms with Gasteiger partial charge in [-0.15, -0.1) is 11.3 Å². The number of carbonyl (C=O) groups is 2. The van der Waals surface area contributed by atoms with Gasteiger partial charge in [0.2, 0.25) is 5.91 Å². The number of aryl methyl sites for hydroxylation is 1. The van der Waals surface area contributed by atoms with E-state index >= 15 is 0 Å². The molecule has 0 aliphatic carbocycles. The normalized spacial score (nSPS) is 10.7. The topological polar surface area (TPSA) is 98.5 Å². The summed E-state index contributed by atoms with van der Waals surface area (Å²) < 4.78 is 4.90. The molecule has 0 aliphatic rings. The number of nitrogens with one attached hydrogen (secondary N) is 1. The van der Waals surface area contributed by atoms with Crippen molar-refractivity contribution in [3.8, 4) is 11.1 Å². The first-order valence-electron chi connectivity index (χ1n) is 8.89. The van der Waals surface area contributed by atoms with Gasteiger partial charge >= 0.3 is 5.97 Å². The van der Waals surface area contributed by atoms with Crippen molar-refractivity contribution in [3.05, 3.63) is 86.8 Å². The number of ether oxygens (including phenoxy) is 1. The lowest BCUT2D eigenvalue weighted by Gasteiger charge is -2.07. The summed E-state index contributed by atoms with van der Waals surface area (Å²) in [6, 6.07) is 13.6. The van der Waals surface area contributed by atoms with Crippen molar-refractivity contribution in [3.63, 3.8) is 0 Å². The zero-order valence-electron chi connectivity index (χ0n) is 16.2. The molecule has 1 aromatic heterocycles. The average Bonchev–Trinajstić information content (AvgIpc) is 3.15. The third-order valence-electron chi connectivity index (χ3n) is 4.29. The Bertz CT molecular complexity index is 1130. The summed E-state index contributed by atoms with van der Waals surface area (Å²) in [7, 11) is 1.28. The highest BCUT2D eigenvalue weighted by atomic mass is 32.1. The number of amides is 1. The number of nitro groups is 1. The number of anilines is 1. The lowest BCUT2D eigenvalue weighted by Crippen LogP contribution is -2.11. The van der Waals surface area contributed by atoms with Gasteiger partial charge in [-0.1, -0.05) is 42.0 Å². The summed E-state index contributed by atoms with van der Waals surface area (Å²) in [6.07, 6.45) is 2.72. The lowest BCUT2D eigenvalue weighted by molar-refractivity contribution is -0.384. The lowest BCUT2D eigenvalue weighted by atomic mass is 10.0. The minimum Gasteiger partial charge on any atom is -0.465 e. The Hall–Kier alpha value is -3.78. The summed E-state index contributed by atoms with van der Waals surface area (Å²) >= 11 is 1.22. The van der Waals surface area contributed by atoms with E-state index in [0.717, 1.165) is 11.1 Å². The molecule has 1 heterocycles. The third kappa shape index (κ3) is 4.79. The quantitative estimate of drug-likeness (QED) is 0.259. The fraction of sp³-hybridized carbons (Fsp3) is 0.0909. The van der Waals surface area contributed by atoms with Crippen LogP contribution in [0.1, 0.15) is 21.5 Å². The Morgan fingerprint density at radius 2 is 1.90 bits per heavy atom. The van der Waals surface area contributed by atoms with E-state index in [1.807, 2.05) is 31.2 Å². The summed E-state index contributed by atoms with van der Waals surface area (Å²) in [5.74, 6) is -1.02. The maximum Gasteiger partial charge on any atom is 0.341 e. The van der Waals surface area contributed by atoms with Gasteiger partial charge in [0.05, 0.1) is 12.0 Å². The number of hydrogen-bond acceptors (Lipinski definition) is 6. The molecule has 0 spiro atoms. The van der Waals surface area contributed by atoms with Crippen LogP contribution in [0.5, 0.6) is 0 Å². The van der Waals surface area contributed by atoms with Crippen LogP contribution < -0.4 is 5.32 Å². The summed E-state index contributed by atoms with van der Waals surface area (Å²) in [5, 5.41) is 15.7. The van der Waals surface area contributed by atoms with Gasteiger partial charge in [-0.25, -0.2) is 4.79 Å². The van der Waals surface area contributed by atoms with Crippen molar-refractivity contribution in [1.29, 1.82) is 0 Å².